The van der Waals surface area contributed by atoms with Gasteiger partial charge in [-0.15, -0.1) is 0 Å². The van der Waals surface area contributed by atoms with Gasteiger partial charge < -0.3 is 10.2 Å². The average Bonchev–Trinajstić information content (AvgIpc) is 3.29. The lowest BCUT2D eigenvalue weighted by Crippen LogP contribution is -2.27. The highest BCUT2D eigenvalue weighted by Crippen LogP contribution is 2.37. The molecule has 4 aromatic rings. The van der Waals surface area contributed by atoms with Gasteiger partial charge in [-0.05, 0) is 83.8 Å². The minimum Gasteiger partial charge on any atom is -0.384 e. The van der Waals surface area contributed by atoms with Crippen molar-refractivity contribution in [3.05, 3.63) is 64.8 Å². The van der Waals surface area contributed by atoms with Crippen molar-refractivity contribution in [1.29, 1.82) is 0 Å². The maximum absolute atomic E-state index is 5.07. The van der Waals surface area contributed by atoms with Gasteiger partial charge in [0.25, 0.3) is 0 Å². The van der Waals surface area contributed by atoms with Crippen LogP contribution in [0.2, 0.25) is 0 Å². The van der Waals surface area contributed by atoms with Crippen molar-refractivity contribution in [2.75, 3.05) is 25.5 Å². The van der Waals surface area contributed by atoms with Gasteiger partial charge in [0.1, 0.15) is 5.65 Å². The zero-order valence-corrected chi connectivity index (χ0v) is 20.0. The lowest BCUT2D eigenvalue weighted by atomic mass is 10.0. The van der Waals surface area contributed by atoms with Crippen molar-refractivity contribution in [1.82, 2.24) is 14.5 Å². The molecule has 1 atom stereocenters. The fraction of sp³-hybridized carbons (Fsp3) is 0.393. The molecule has 166 valence electrons. The van der Waals surface area contributed by atoms with Gasteiger partial charge in [-0.25, -0.2) is 4.98 Å². The molecule has 1 aliphatic heterocycles. The molecule has 2 aromatic heterocycles. The zero-order chi connectivity index (χ0) is 22.4. The molecule has 4 nitrogen and oxygen atoms in total. The van der Waals surface area contributed by atoms with Crippen LogP contribution < -0.4 is 5.32 Å². The van der Waals surface area contributed by atoms with Crippen molar-refractivity contribution < 1.29 is 0 Å². The topological polar surface area (TPSA) is 33.1 Å². The number of hydrogen-bond donors (Lipinski definition) is 1. The van der Waals surface area contributed by atoms with E-state index in [9.17, 15) is 0 Å². The Morgan fingerprint density at radius 3 is 2.50 bits per heavy atom. The molecule has 0 radical (unpaired) electrons. The van der Waals surface area contributed by atoms with Gasteiger partial charge >= 0.3 is 0 Å². The molecule has 1 unspecified atom stereocenters. The third-order valence-electron chi connectivity index (χ3n) is 7.08. The Bertz CT molecular complexity index is 1280. The van der Waals surface area contributed by atoms with Crippen LogP contribution in [0.1, 0.15) is 41.6 Å². The molecular weight excluding hydrogens is 392 g/mol. The monoisotopic (exact) mass is 426 g/mol. The first-order valence-electron chi connectivity index (χ1n) is 11.9. The van der Waals surface area contributed by atoms with E-state index in [1.807, 2.05) is 0 Å². The van der Waals surface area contributed by atoms with Crippen molar-refractivity contribution in [2.24, 2.45) is 0 Å². The van der Waals surface area contributed by atoms with Crippen molar-refractivity contribution in [2.45, 2.75) is 53.0 Å². The van der Waals surface area contributed by atoms with Gasteiger partial charge in [-0.1, -0.05) is 35.9 Å². The molecule has 0 amide bonds. The number of rotatable bonds is 5. The number of hydrogen-bond acceptors (Lipinski definition) is 3. The molecule has 1 N–H and O–H groups in total. The highest BCUT2D eigenvalue weighted by Gasteiger charge is 2.22. The maximum atomic E-state index is 5.07. The number of benzene rings is 2. The van der Waals surface area contributed by atoms with Gasteiger partial charge in [0.2, 0.25) is 0 Å². The summed E-state index contributed by atoms with van der Waals surface area (Å²) in [5.74, 6) is 0. The predicted molar refractivity (Wildman–Crippen MR) is 136 cm³/mol. The van der Waals surface area contributed by atoms with E-state index in [4.69, 9.17) is 4.98 Å². The molecule has 3 heterocycles. The minimum atomic E-state index is 0.695. The number of aromatic nitrogens is 2. The third-order valence-corrected chi connectivity index (χ3v) is 7.08. The molecule has 2 aromatic carbocycles. The van der Waals surface area contributed by atoms with E-state index in [1.165, 1.54) is 70.2 Å². The van der Waals surface area contributed by atoms with Crippen LogP contribution >= 0.6 is 0 Å². The summed E-state index contributed by atoms with van der Waals surface area (Å²) in [7, 11) is 2.26. The second-order valence-electron chi connectivity index (χ2n) is 9.60. The van der Waals surface area contributed by atoms with Crippen LogP contribution in [0.3, 0.4) is 0 Å². The number of aryl methyl sites for hydroxylation is 4. The molecule has 4 heteroatoms. The summed E-state index contributed by atoms with van der Waals surface area (Å²) in [5.41, 5.74) is 9.62. The van der Waals surface area contributed by atoms with Crippen LogP contribution in [0.4, 0.5) is 5.69 Å². The number of nitrogens with zero attached hydrogens (tertiary/aromatic N) is 3. The van der Waals surface area contributed by atoms with E-state index in [1.54, 1.807) is 0 Å². The molecular formula is C28H34N4. The van der Waals surface area contributed by atoms with Gasteiger partial charge in [-0.2, -0.15) is 0 Å². The molecule has 0 bridgehead atoms. The second-order valence-corrected chi connectivity index (χ2v) is 9.60. The van der Waals surface area contributed by atoms with Crippen LogP contribution in [0, 0.1) is 27.7 Å². The third kappa shape index (κ3) is 3.57. The predicted octanol–water partition coefficient (Wildman–Crippen LogP) is 6.31. The standard InChI is InChI=1S/C28H34N4/c1-18-15-19(2)27(20(3)16-18)32-25-11-7-6-10-23(25)26-24(17-21(4)30-28(26)32)29-13-12-22-9-8-14-31(22)5/h6-7,10-11,15-17,22H,8-9,12-14H2,1-5H3,(H,29,30). The summed E-state index contributed by atoms with van der Waals surface area (Å²) in [4.78, 5) is 7.57. The van der Waals surface area contributed by atoms with Crippen molar-refractivity contribution in [3.8, 4) is 5.69 Å². The van der Waals surface area contributed by atoms with Gasteiger partial charge in [0.05, 0.1) is 16.6 Å². The Kier molecular flexibility index (Phi) is 5.42. The average molecular weight is 427 g/mol. The highest BCUT2D eigenvalue weighted by atomic mass is 15.1. The molecule has 5 rings (SSSR count). The molecule has 0 saturated carbocycles. The van der Waals surface area contributed by atoms with Gasteiger partial charge in [-0.3, -0.25) is 4.57 Å². The Labute approximate surface area is 191 Å². The van der Waals surface area contributed by atoms with Crippen LogP contribution in [0.25, 0.3) is 27.6 Å². The number of anilines is 1. The highest BCUT2D eigenvalue weighted by molar-refractivity contribution is 6.13. The molecule has 0 spiro atoms. The van der Waals surface area contributed by atoms with Crippen molar-refractivity contribution >= 4 is 27.6 Å². The quantitative estimate of drug-likeness (QED) is 0.406. The van der Waals surface area contributed by atoms with E-state index in [0.29, 0.717) is 6.04 Å². The molecule has 1 fully saturated rings. The van der Waals surface area contributed by atoms with Gasteiger partial charge in [0, 0.05) is 29.4 Å². The normalized spacial score (nSPS) is 17.0. The maximum Gasteiger partial charge on any atom is 0.147 e. The summed E-state index contributed by atoms with van der Waals surface area (Å²) in [6.07, 6.45) is 3.81. The van der Waals surface area contributed by atoms with E-state index < -0.39 is 0 Å². The number of para-hydroxylation sites is 1. The Hall–Kier alpha value is -2.85. The Balaban J connectivity index is 1.66. The fourth-order valence-electron chi connectivity index (χ4n) is 5.69. The summed E-state index contributed by atoms with van der Waals surface area (Å²) >= 11 is 0. The second kappa shape index (κ2) is 8.25. The molecule has 1 aliphatic rings. The Morgan fingerprint density at radius 2 is 1.78 bits per heavy atom. The number of pyridine rings is 1. The minimum absolute atomic E-state index is 0.695. The molecule has 0 aliphatic carbocycles. The summed E-state index contributed by atoms with van der Waals surface area (Å²) in [5, 5.41) is 6.28. The summed E-state index contributed by atoms with van der Waals surface area (Å²) in [6.45, 7) is 10.9. The molecule has 32 heavy (non-hydrogen) atoms. The van der Waals surface area contributed by atoms with Gasteiger partial charge in [0.15, 0.2) is 0 Å². The zero-order valence-electron chi connectivity index (χ0n) is 20.0. The van der Waals surface area contributed by atoms with Crippen LogP contribution in [-0.4, -0.2) is 40.6 Å². The lowest BCUT2D eigenvalue weighted by Gasteiger charge is -2.20. The van der Waals surface area contributed by atoms with Crippen molar-refractivity contribution in [3.63, 3.8) is 0 Å². The van der Waals surface area contributed by atoms with E-state index in [0.717, 1.165) is 17.9 Å². The smallest absolute Gasteiger partial charge is 0.147 e. The van der Waals surface area contributed by atoms with Crippen LogP contribution in [0.15, 0.2) is 42.5 Å². The molecule has 1 saturated heterocycles. The SMILES string of the molecule is Cc1cc(C)c(-n2c3ccccc3c3c(NCCC4CCCN4C)cc(C)nc32)c(C)c1. The largest absolute Gasteiger partial charge is 0.384 e. The van der Waals surface area contributed by atoms with E-state index >= 15 is 0 Å². The van der Waals surface area contributed by atoms with Crippen LogP contribution in [0.5, 0.6) is 0 Å². The lowest BCUT2D eigenvalue weighted by molar-refractivity contribution is 0.301. The fourth-order valence-corrected chi connectivity index (χ4v) is 5.69. The Morgan fingerprint density at radius 1 is 1.03 bits per heavy atom. The van der Waals surface area contributed by atoms with E-state index in [-0.39, 0.29) is 0 Å². The number of fused-ring (bicyclic) bond motifs is 3. The number of likely N-dealkylation sites (tertiary alicyclic amines) is 1. The first kappa shape index (κ1) is 21.0. The summed E-state index contributed by atoms with van der Waals surface area (Å²) < 4.78 is 2.37. The summed E-state index contributed by atoms with van der Waals surface area (Å²) in [6, 6.07) is 16.2. The van der Waals surface area contributed by atoms with E-state index in [2.05, 4.69) is 92.0 Å². The number of nitrogens with one attached hydrogen (secondary N) is 1. The first-order valence-corrected chi connectivity index (χ1v) is 11.9. The van der Waals surface area contributed by atoms with Crippen LogP contribution in [-0.2, 0) is 0 Å². The first-order chi connectivity index (χ1) is 15.4.